The number of benzene rings is 2. The third kappa shape index (κ3) is 1.57. The minimum atomic E-state index is -1.02. The van der Waals surface area contributed by atoms with E-state index < -0.39 is 23.0 Å². The van der Waals surface area contributed by atoms with Crippen LogP contribution in [0.3, 0.4) is 0 Å². The molecule has 0 fully saturated rings. The summed E-state index contributed by atoms with van der Waals surface area (Å²) >= 11 is 5.72. The van der Waals surface area contributed by atoms with Crippen molar-refractivity contribution in [3.8, 4) is 5.75 Å². The van der Waals surface area contributed by atoms with E-state index in [1.165, 1.54) is 12.1 Å². The minimum absolute atomic E-state index is 0.152. The van der Waals surface area contributed by atoms with Gasteiger partial charge < -0.3 is 10.8 Å². The first-order valence-corrected chi connectivity index (χ1v) is 4.79. The molecule has 0 spiro atoms. The molecule has 2 aromatic carbocycles. The molecule has 5 heteroatoms. The van der Waals surface area contributed by atoms with Crippen LogP contribution < -0.4 is 5.73 Å². The SMILES string of the molecule is NC(=O)c1c(O)cc2ccc(Cl)cc2c1F. The number of nitrogens with two attached hydrogens (primary N) is 1. The van der Waals surface area contributed by atoms with Crippen molar-refractivity contribution >= 4 is 28.3 Å². The quantitative estimate of drug-likeness (QED) is 0.803. The normalized spacial score (nSPS) is 10.6. The van der Waals surface area contributed by atoms with Crippen LogP contribution in [0.25, 0.3) is 10.8 Å². The smallest absolute Gasteiger partial charge is 0.255 e. The van der Waals surface area contributed by atoms with Gasteiger partial charge in [-0.2, -0.15) is 0 Å². The summed E-state index contributed by atoms with van der Waals surface area (Å²) in [5, 5.41) is 10.4. The molecule has 0 aliphatic carbocycles. The average Bonchev–Trinajstić information content (AvgIpc) is 2.19. The van der Waals surface area contributed by atoms with E-state index in [2.05, 4.69) is 0 Å². The average molecular weight is 240 g/mol. The van der Waals surface area contributed by atoms with Crippen molar-refractivity contribution in [2.45, 2.75) is 0 Å². The highest BCUT2D eigenvalue weighted by Crippen LogP contribution is 2.30. The van der Waals surface area contributed by atoms with E-state index in [0.717, 1.165) is 0 Å². The summed E-state index contributed by atoms with van der Waals surface area (Å²) in [7, 11) is 0. The van der Waals surface area contributed by atoms with Gasteiger partial charge in [-0.05, 0) is 23.6 Å². The monoisotopic (exact) mass is 239 g/mol. The maximum atomic E-state index is 13.8. The van der Waals surface area contributed by atoms with Gasteiger partial charge in [0.15, 0.2) is 0 Å². The predicted molar refractivity (Wildman–Crippen MR) is 59.1 cm³/mol. The van der Waals surface area contributed by atoms with Crippen LogP contribution >= 0.6 is 11.6 Å². The summed E-state index contributed by atoms with van der Waals surface area (Å²) in [6.45, 7) is 0. The first-order valence-electron chi connectivity index (χ1n) is 4.41. The van der Waals surface area contributed by atoms with Gasteiger partial charge in [-0.15, -0.1) is 0 Å². The van der Waals surface area contributed by atoms with Crippen molar-refractivity contribution in [2.75, 3.05) is 0 Å². The lowest BCUT2D eigenvalue weighted by atomic mass is 10.0. The van der Waals surface area contributed by atoms with E-state index in [1.807, 2.05) is 0 Å². The third-order valence-electron chi connectivity index (χ3n) is 2.27. The summed E-state index contributed by atoms with van der Waals surface area (Å²) in [5.41, 5.74) is 4.45. The van der Waals surface area contributed by atoms with Gasteiger partial charge in [-0.1, -0.05) is 17.7 Å². The van der Waals surface area contributed by atoms with Gasteiger partial charge in [0.05, 0.1) is 0 Å². The van der Waals surface area contributed by atoms with E-state index in [0.29, 0.717) is 10.4 Å². The number of halogens is 2. The van der Waals surface area contributed by atoms with Crippen molar-refractivity contribution in [3.63, 3.8) is 0 Å². The van der Waals surface area contributed by atoms with Gasteiger partial charge in [-0.25, -0.2) is 4.39 Å². The van der Waals surface area contributed by atoms with Crippen molar-refractivity contribution < 1.29 is 14.3 Å². The number of carbonyl (C=O) groups is 1. The van der Waals surface area contributed by atoms with Crippen LogP contribution in [0.4, 0.5) is 4.39 Å². The molecule has 0 radical (unpaired) electrons. The molecule has 82 valence electrons. The Morgan fingerprint density at radius 2 is 2.06 bits per heavy atom. The molecule has 0 aromatic heterocycles. The molecule has 16 heavy (non-hydrogen) atoms. The van der Waals surface area contributed by atoms with Gasteiger partial charge in [0.2, 0.25) is 0 Å². The van der Waals surface area contributed by atoms with Crippen LogP contribution in [-0.2, 0) is 0 Å². The molecule has 0 saturated carbocycles. The van der Waals surface area contributed by atoms with Gasteiger partial charge in [-0.3, -0.25) is 4.79 Å². The molecule has 0 heterocycles. The highest BCUT2D eigenvalue weighted by atomic mass is 35.5. The molecule has 3 nitrogen and oxygen atoms in total. The number of aromatic hydroxyl groups is 1. The molecule has 0 bridgehead atoms. The summed E-state index contributed by atoms with van der Waals surface area (Å²) in [5.74, 6) is -2.35. The number of amides is 1. The molecule has 0 saturated heterocycles. The Bertz CT molecular complexity index is 598. The standard InChI is InChI=1S/C11H7ClFNO2/c12-6-2-1-5-3-8(15)9(11(14)16)10(13)7(5)4-6/h1-4,15H,(H2,14,16). The number of rotatable bonds is 1. The minimum Gasteiger partial charge on any atom is -0.507 e. The lowest BCUT2D eigenvalue weighted by Gasteiger charge is -2.06. The molecule has 0 aliphatic heterocycles. The second-order valence-corrected chi connectivity index (χ2v) is 3.75. The van der Waals surface area contributed by atoms with Gasteiger partial charge in [0.25, 0.3) is 5.91 Å². The number of primary amides is 1. The zero-order chi connectivity index (χ0) is 11.9. The lowest BCUT2D eigenvalue weighted by molar-refractivity contribution is 0.0994. The summed E-state index contributed by atoms with van der Waals surface area (Å²) in [6, 6.07) is 5.75. The Morgan fingerprint density at radius 1 is 1.38 bits per heavy atom. The zero-order valence-corrected chi connectivity index (χ0v) is 8.75. The molecular weight excluding hydrogens is 233 g/mol. The largest absolute Gasteiger partial charge is 0.507 e. The van der Waals surface area contributed by atoms with E-state index in [9.17, 15) is 14.3 Å². The molecule has 0 atom stereocenters. The second kappa shape index (κ2) is 3.64. The van der Waals surface area contributed by atoms with E-state index >= 15 is 0 Å². The first-order chi connectivity index (χ1) is 7.50. The van der Waals surface area contributed by atoms with E-state index in [-0.39, 0.29) is 5.39 Å². The summed E-state index contributed by atoms with van der Waals surface area (Å²) < 4.78 is 13.8. The van der Waals surface area contributed by atoms with Crippen LogP contribution in [0.2, 0.25) is 5.02 Å². The van der Waals surface area contributed by atoms with Crippen LogP contribution in [0, 0.1) is 5.82 Å². The number of hydrogen-bond acceptors (Lipinski definition) is 2. The Hall–Kier alpha value is -1.81. The van der Waals surface area contributed by atoms with Crippen LogP contribution in [-0.4, -0.2) is 11.0 Å². The van der Waals surface area contributed by atoms with Crippen molar-refractivity contribution in [2.24, 2.45) is 5.73 Å². The molecule has 2 rings (SSSR count). The Morgan fingerprint density at radius 3 is 2.69 bits per heavy atom. The fourth-order valence-electron chi connectivity index (χ4n) is 1.55. The fraction of sp³-hybridized carbons (Fsp3) is 0. The Labute approximate surface area is 95.2 Å². The van der Waals surface area contributed by atoms with Crippen LogP contribution in [0.15, 0.2) is 24.3 Å². The maximum absolute atomic E-state index is 13.8. The molecule has 3 N–H and O–H groups in total. The van der Waals surface area contributed by atoms with Crippen LogP contribution in [0.1, 0.15) is 10.4 Å². The van der Waals surface area contributed by atoms with Gasteiger partial charge >= 0.3 is 0 Å². The van der Waals surface area contributed by atoms with Crippen molar-refractivity contribution in [1.29, 1.82) is 0 Å². The van der Waals surface area contributed by atoms with Crippen molar-refractivity contribution in [1.82, 2.24) is 0 Å². The fourth-order valence-corrected chi connectivity index (χ4v) is 1.72. The van der Waals surface area contributed by atoms with Gasteiger partial charge in [0, 0.05) is 10.4 Å². The highest BCUT2D eigenvalue weighted by molar-refractivity contribution is 6.31. The number of carbonyl (C=O) groups excluding carboxylic acids is 1. The molecule has 0 aliphatic rings. The topological polar surface area (TPSA) is 63.3 Å². The summed E-state index contributed by atoms with van der Waals surface area (Å²) in [4.78, 5) is 11.0. The number of fused-ring (bicyclic) bond motifs is 1. The second-order valence-electron chi connectivity index (χ2n) is 3.31. The zero-order valence-electron chi connectivity index (χ0n) is 8.00. The van der Waals surface area contributed by atoms with Crippen LogP contribution in [0.5, 0.6) is 5.75 Å². The van der Waals surface area contributed by atoms with E-state index in [4.69, 9.17) is 17.3 Å². The molecule has 0 unspecified atom stereocenters. The number of phenols is 1. The Balaban J connectivity index is 2.90. The van der Waals surface area contributed by atoms with Crippen molar-refractivity contribution in [3.05, 3.63) is 40.7 Å². The number of hydrogen-bond donors (Lipinski definition) is 2. The molecule has 1 amide bonds. The molecule has 2 aromatic rings. The lowest BCUT2D eigenvalue weighted by Crippen LogP contribution is -2.13. The maximum Gasteiger partial charge on any atom is 0.255 e. The Kier molecular flexibility index (Phi) is 2.44. The summed E-state index contributed by atoms with van der Waals surface area (Å²) in [6.07, 6.45) is 0. The predicted octanol–water partition coefficient (Wildman–Crippen LogP) is 2.44. The third-order valence-corrected chi connectivity index (χ3v) is 2.50. The molecular formula is C11H7ClFNO2. The highest BCUT2D eigenvalue weighted by Gasteiger charge is 2.17. The van der Waals surface area contributed by atoms with Gasteiger partial charge in [0.1, 0.15) is 17.1 Å². The first kappa shape index (κ1) is 10.7. The van der Waals surface area contributed by atoms with E-state index in [1.54, 1.807) is 12.1 Å².